The van der Waals surface area contributed by atoms with Crippen molar-refractivity contribution in [2.24, 2.45) is 0 Å². The summed E-state index contributed by atoms with van der Waals surface area (Å²) in [7, 11) is 0. The van der Waals surface area contributed by atoms with Crippen LogP contribution in [0.3, 0.4) is 0 Å². The van der Waals surface area contributed by atoms with Gasteiger partial charge >= 0.3 is 0 Å². The van der Waals surface area contributed by atoms with Crippen LogP contribution in [0, 0.1) is 0 Å². The number of H-pyrrole nitrogens is 2. The summed E-state index contributed by atoms with van der Waals surface area (Å²) in [5.74, 6) is 0.864. The summed E-state index contributed by atoms with van der Waals surface area (Å²) in [5.41, 5.74) is 3.30. The average Bonchev–Trinajstić information content (AvgIpc) is 2.73. The fourth-order valence-corrected chi connectivity index (χ4v) is 2.15. The van der Waals surface area contributed by atoms with Crippen molar-refractivity contribution in [3.63, 3.8) is 0 Å². The molecule has 2 aromatic heterocycles. The molecule has 3 rings (SSSR count). The second-order valence-corrected chi connectivity index (χ2v) is 4.16. The molecule has 16 heavy (non-hydrogen) atoms. The van der Waals surface area contributed by atoms with Crippen LogP contribution >= 0.6 is 0 Å². The number of nitrogens with zero attached hydrogens (tertiary/aromatic N) is 1. The van der Waals surface area contributed by atoms with E-state index in [9.17, 15) is 4.79 Å². The Morgan fingerprint density at radius 2 is 2.06 bits per heavy atom. The SMILES string of the molecule is O=c1ccc(-c2nc3c([nH]2)CCCC3)c[nH]1. The van der Waals surface area contributed by atoms with Crippen molar-refractivity contribution in [1.29, 1.82) is 0 Å². The first-order valence-electron chi connectivity index (χ1n) is 5.60. The van der Waals surface area contributed by atoms with Crippen molar-refractivity contribution >= 4 is 0 Å². The van der Waals surface area contributed by atoms with E-state index >= 15 is 0 Å². The number of aryl methyl sites for hydroxylation is 2. The molecule has 1 aliphatic rings. The zero-order valence-corrected chi connectivity index (χ0v) is 8.92. The predicted octanol–water partition coefficient (Wildman–Crippen LogP) is 1.64. The Morgan fingerprint density at radius 1 is 1.19 bits per heavy atom. The summed E-state index contributed by atoms with van der Waals surface area (Å²) >= 11 is 0. The van der Waals surface area contributed by atoms with Gasteiger partial charge in [-0.05, 0) is 31.7 Å². The third kappa shape index (κ3) is 1.56. The molecular weight excluding hydrogens is 202 g/mol. The maximum atomic E-state index is 11.0. The molecule has 0 bridgehead atoms. The summed E-state index contributed by atoms with van der Waals surface area (Å²) < 4.78 is 0. The minimum Gasteiger partial charge on any atom is -0.342 e. The molecule has 0 atom stereocenters. The molecule has 4 nitrogen and oxygen atoms in total. The lowest BCUT2D eigenvalue weighted by Crippen LogP contribution is -2.01. The lowest BCUT2D eigenvalue weighted by molar-refractivity contribution is 0.667. The highest BCUT2D eigenvalue weighted by molar-refractivity contribution is 5.54. The zero-order chi connectivity index (χ0) is 11.0. The van der Waals surface area contributed by atoms with Crippen LogP contribution < -0.4 is 5.56 Å². The summed E-state index contributed by atoms with van der Waals surface area (Å²) in [5, 5.41) is 0. The molecule has 0 amide bonds. The first-order chi connectivity index (χ1) is 7.83. The van der Waals surface area contributed by atoms with Gasteiger partial charge in [0, 0.05) is 23.5 Å². The molecule has 0 saturated heterocycles. The summed E-state index contributed by atoms with van der Waals surface area (Å²) in [4.78, 5) is 21.5. The van der Waals surface area contributed by atoms with Gasteiger partial charge in [0.25, 0.3) is 0 Å². The molecule has 0 aliphatic heterocycles. The van der Waals surface area contributed by atoms with Crippen LogP contribution in [0.15, 0.2) is 23.1 Å². The number of fused-ring (bicyclic) bond motifs is 1. The molecule has 0 aromatic carbocycles. The first-order valence-corrected chi connectivity index (χ1v) is 5.60. The summed E-state index contributed by atoms with van der Waals surface area (Å²) in [6.45, 7) is 0. The second kappa shape index (κ2) is 3.63. The number of aromatic nitrogens is 3. The van der Waals surface area contributed by atoms with E-state index < -0.39 is 0 Å². The number of hydrogen-bond donors (Lipinski definition) is 2. The van der Waals surface area contributed by atoms with E-state index in [0.29, 0.717) is 0 Å². The number of pyridine rings is 1. The number of nitrogens with one attached hydrogen (secondary N) is 2. The molecule has 0 unspecified atom stereocenters. The van der Waals surface area contributed by atoms with Gasteiger partial charge in [0.2, 0.25) is 5.56 Å². The molecule has 2 aromatic rings. The summed E-state index contributed by atoms with van der Waals surface area (Å²) in [6.07, 6.45) is 6.32. The fraction of sp³-hybridized carbons (Fsp3) is 0.333. The van der Waals surface area contributed by atoms with Crippen LogP contribution in [-0.4, -0.2) is 15.0 Å². The molecule has 2 heterocycles. The Bertz CT molecular complexity index is 524. The van der Waals surface area contributed by atoms with Crippen LogP contribution in [0.25, 0.3) is 11.4 Å². The van der Waals surface area contributed by atoms with E-state index in [1.54, 1.807) is 12.3 Å². The van der Waals surface area contributed by atoms with Gasteiger partial charge in [-0.3, -0.25) is 4.79 Å². The molecule has 4 heteroatoms. The number of imidazole rings is 1. The number of aromatic amines is 2. The van der Waals surface area contributed by atoms with Crippen LogP contribution in [0.4, 0.5) is 0 Å². The topological polar surface area (TPSA) is 61.5 Å². The van der Waals surface area contributed by atoms with Crippen molar-refractivity contribution < 1.29 is 0 Å². The van der Waals surface area contributed by atoms with E-state index in [2.05, 4.69) is 15.0 Å². The van der Waals surface area contributed by atoms with Crippen molar-refractivity contribution in [2.45, 2.75) is 25.7 Å². The van der Waals surface area contributed by atoms with E-state index in [0.717, 1.165) is 24.2 Å². The number of rotatable bonds is 1. The van der Waals surface area contributed by atoms with Crippen molar-refractivity contribution in [3.8, 4) is 11.4 Å². The Morgan fingerprint density at radius 3 is 2.81 bits per heavy atom. The Balaban J connectivity index is 2.03. The Hall–Kier alpha value is -1.84. The highest BCUT2D eigenvalue weighted by Gasteiger charge is 2.14. The minimum absolute atomic E-state index is 0.0833. The van der Waals surface area contributed by atoms with E-state index in [1.165, 1.54) is 30.3 Å². The van der Waals surface area contributed by atoms with Gasteiger partial charge in [-0.15, -0.1) is 0 Å². The lowest BCUT2D eigenvalue weighted by Gasteiger charge is -2.07. The molecule has 0 saturated carbocycles. The van der Waals surface area contributed by atoms with E-state index in [-0.39, 0.29) is 5.56 Å². The summed E-state index contributed by atoms with van der Waals surface area (Å²) in [6, 6.07) is 3.32. The van der Waals surface area contributed by atoms with Crippen LogP contribution in [0.1, 0.15) is 24.2 Å². The van der Waals surface area contributed by atoms with Gasteiger partial charge < -0.3 is 9.97 Å². The van der Waals surface area contributed by atoms with Crippen molar-refractivity contribution in [2.75, 3.05) is 0 Å². The smallest absolute Gasteiger partial charge is 0.247 e. The Labute approximate surface area is 92.8 Å². The van der Waals surface area contributed by atoms with E-state index in [1.807, 2.05) is 0 Å². The van der Waals surface area contributed by atoms with Crippen LogP contribution in [0.2, 0.25) is 0 Å². The molecule has 0 radical (unpaired) electrons. The average molecular weight is 215 g/mol. The van der Waals surface area contributed by atoms with Gasteiger partial charge in [-0.1, -0.05) is 0 Å². The van der Waals surface area contributed by atoms with Gasteiger partial charge in [0.05, 0.1) is 5.69 Å². The van der Waals surface area contributed by atoms with Gasteiger partial charge in [-0.2, -0.15) is 0 Å². The standard InChI is InChI=1S/C12H13N3O/c16-11-6-5-8(7-13-11)12-14-9-3-1-2-4-10(9)15-12/h5-7H,1-4H2,(H,13,16)(H,14,15). The number of hydrogen-bond acceptors (Lipinski definition) is 2. The van der Waals surface area contributed by atoms with Gasteiger partial charge in [-0.25, -0.2) is 4.98 Å². The lowest BCUT2D eigenvalue weighted by atomic mass is 10.0. The monoisotopic (exact) mass is 215 g/mol. The molecule has 0 spiro atoms. The largest absolute Gasteiger partial charge is 0.342 e. The van der Waals surface area contributed by atoms with E-state index in [4.69, 9.17) is 0 Å². The Kier molecular flexibility index (Phi) is 2.13. The highest BCUT2D eigenvalue weighted by atomic mass is 16.1. The zero-order valence-electron chi connectivity index (χ0n) is 8.92. The second-order valence-electron chi connectivity index (χ2n) is 4.16. The molecule has 0 fully saturated rings. The normalized spacial score (nSPS) is 14.8. The third-order valence-electron chi connectivity index (χ3n) is 3.01. The highest BCUT2D eigenvalue weighted by Crippen LogP contribution is 2.22. The maximum Gasteiger partial charge on any atom is 0.247 e. The molecule has 1 aliphatic carbocycles. The van der Waals surface area contributed by atoms with Crippen molar-refractivity contribution in [3.05, 3.63) is 40.1 Å². The van der Waals surface area contributed by atoms with Crippen molar-refractivity contribution in [1.82, 2.24) is 15.0 Å². The first kappa shape index (κ1) is 9.39. The fourth-order valence-electron chi connectivity index (χ4n) is 2.15. The predicted molar refractivity (Wildman–Crippen MR) is 61.3 cm³/mol. The van der Waals surface area contributed by atoms with Crippen LogP contribution in [0.5, 0.6) is 0 Å². The molecule has 2 N–H and O–H groups in total. The maximum absolute atomic E-state index is 11.0. The third-order valence-corrected chi connectivity index (χ3v) is 3.01. The molecular formula is C12H13N3O. The van der Waals surface area contributed by atoms with Crippen LogP contribution in [-0.2, 0) is 12.8 Å². The van der Waals surface area contributed by atoms with Gasteiger partial charge in [0.15, 0.2) is 0 Å². The quantitative estimate of drug-likeness (QED) is 0.759. The van der Waals surface area contributed by atoms with Gasteiger partial charge in [0.1, 0.15) is 5.82 Å². The molecule has 82 valence electrons. The minimum atomic E-state index is -0.0833.